The van der Waals surface area contributed by atoms with Crippen molar-refractivity contribution in [3.05, 3.63) is 77.2 Å². The second kappa shape index (κ2) is 11.0. The van der Waals surface area contributed by atoms with E-state index in [1.165, 1.54) is 13.2 Å². The molecule has 2 aliphatic rings. The van der Waals surface area contributed by atoms with Crippen LogP contribution in [-0.4, -0.2) is 37.4 Å². The van der Waals surface area contributed by atoms with Crippen molar-refractivity contribution in [3.63, 3.8) is 0 Å². The lowest BCUT2D eigenvalue weighted by molar-refractivity contribution is -0.140. The van der Waals surface area contributed by atoms with Crippen molar-refractivity contribution in [1.82, 2.24) is 4.98 Å². The fourth-order valence-electron chi connectivity index (χ4n) is 4.74. The molecule has 1 aromatic heterocycles. The van der Waals surface area contributed by atoms with Gasteiger partial charge in [-0.05, 0) is 60.7 Å². The summed E-state index contributed by atoms with van der Waals surface area (Å²) >= 11 is 0. The zero-order valence-electron chi connectivity index (χ0n) is 20.8. The van der Waals surface area contributed by atoms with Crippen molar-refractivity contribution >= 4 is 5.97 Å². The summed E-state index contributed by atoms with van der Waals surface area (Å²) in [7, 11) is 1.37. The van der Waals surface area contributed by atoms with Gasteiger partial charge in [0.05, 0.1) is 32.7 Å². The van der Waals surface area contributed by atoms with E-state index in [0.29, 0.717) is 43.2 Å². The Hall–Kier alpha value is -3.89. The Bertz CT molecular complexity index is 1320. The van der Waals surface area contributed by atoms with Crippen LogP contribution in [0.15, 0.2) is 54.7 Å². The summed E-state index contributed by atoms with van der Waals surface area (Å²) < 4.78 is 36.9. The van der Waals surface area contributed by atoms with Crippen molar-refractivity contribution in [2.45, 2.75) is 44.3 Å². The third-order valence-corrected chi connectivity index (χ3v) is 6.70. The van der Waals surface area contributed by atoms with Gasteiger partial charge in [-0.3, -0.25) is 4.79 Å². The van der Waals surface area contributed by atoms with Gasteiger partial charge < -0.3 is 18.9 Å². The van der Waals surface area contributed by atoms with Crippen LogP contribution in [0.25, 0.3) is 11.1 Å². The smallest absolute Gasteiger partial charge is 0.307 e. The Balaban J connectivity index is 1.32. The molecule has 1 aliphatic carbocycles. The predicted molar refractivity (Wildman–Crippen MR) is 136 cm³/mol. The number of hydrogen-bond donors (Lipinski definition) is 0. The van der Waals surface area contributed by atoms with Gasteiger partial charge >= 0.3 is 5.97 Å². The van der Waals surface area contributed by atoms with Gasteiger partial charge in [-0.25, -0.2) is 9.37 Å². The molecule has 1 aliphatic heterocycles. The minimum absolute atomic E-state index is 0.0544. The molecule has 1 fully saturated rings. The minimum Gasteiger partial charge on any atom is -0.486 e. The van der Waals surface area contributed by atoms with Gasteiger partial charge in [0, 0.05) is 23.4 Å². The minimum atomic E-state index is -0.392. The van der Waals surface area contributed by atoms with Crippen LogP contribution in [0.3, 0.4) is 0 Å². The molecule has 1 saturated heterocycles. The summed E-state index contributed by atoms with van der Waals surface area (Å²) in [5, 5.41) is 0. The Morgan fingerprint density at radius 1 is 1.14 bits per heavy atom. The summed E-state index contributed by atoms with van der Waals surface area (Å²) in [6.45, 7) is 2.91. The van der Waals surface area contributed by atoms with Crippen LogP contribution in [0.2, 0.25) is 0 Å². The monoisotopic (exact) mass is 501 g/mol. The molecular formula is C30H28FNO5. The Morgan fingerprint density at radius 2 is 1.95 bits per heavy atom. The molecule has 2 aromatic carbocycles. The highest BCUT2D eigenvalue weighted by atomic mass is 19.1. The molecule has 1 unspecified atom stereocenters. The van der Waals surface area contributed by atoms with Crippen LogP contribution in [-0.2, 0) is 20.7 Å². The number of ether oxygens (including phenoxy) is 4. The molecule has 2 heterocycles. The van der Waals surface area contributed by atoms with Crippen LogP contribution in [0.1, 0.15) is 48.5 Å². The van der Waals surface area contributed by atoms with Gasteiger partial charge in [0.2, 0.25) is 5.88 Å². The molecule has 190 valence electrons. The highest BCUT2D eigenvalue weighted by Gasteiger charge is 2.30. The van der Waals surface area contributed by atoms with Crippen LogP contribution in [0.5, 0.6) is 11.6 Å². The van der Waals surface area contributed by atoms with Crippen LogP contribution < -0.4 is 9.47 Å². The number of rotatable bonds is 8. The Morgan fingerprint density at radius 3 is 2.59 bits per heavy atom. The molecule has 7 heteroatoms. The average Bonchev–Trinajstić information content (AvgIpc) is 3.31. The molecule has 0 N–H and O–H groups in total. The van der Waals surface area contributed by atoms with Crippen molar-refractivity contribution in [3.8, 4) is 34.6 Å². The van der Waals surface area contributed by atoms with Gasteiger partial charge in [0.15, 0.2) is 0 Å². The van der Waals surface area contributed by atoms with Gasteiger partial charge in [-0.15, -0.1) is 5.92 Å². The molecule has 37 heavy (non-hydrogen) atoms. The van der Waals surface area contributed by atoms with E-state index in [1.54, 1.807) is 19.2 Å². The number of methoxy groups -OCH3 is 1. The van der Waals surface area contributed by atoms with Gasteiger partial charge in [-0.2, -0.15) is 0 Å². The lowest BCUT2D eigenvalue weighted by atomic mass is 9.96. The number of fused-ring (bicyclic) bond motifs is 1. The lowest BCUT2D eigenvalue weighted by Crippen LogP contribution is -2.38. The summed E-state index contributed by atoms with van der Waals surface area (Å²) in [5.41, 5.74) is 4.30. The maximum Gasteiger partial charge on any atom is 0.307 e. The summed E-state index contributed by atoms with van der Waals surface area (Å²) in [6.07, 6.45) is 2.98. The second-order valence-corrected chi connectivity index (χ2v) is 9.09. The van der Waals surface area contributed by atoms with Crippen molar-refractivity contribution in [2.75, 3.05) is 20.3 Å². The number of carbonyl (C=O) groups is 1. The molecule has 6 nitrogen and oxygen atoms in total. The first-order valence-electron chi connectivity index (χ1n) is 12.3. The molecule has 0 spiro atoms. The van der Waals surface area contributed by atoms with E-state index in [0.717, 1.165) is 22.3 Å². The van der Waals surface area contributed by atoms with Gasteiger partial charge in [0.1, 0.15) is 23.8 Å². The maximum atomic E-state index is 15.0. The summed E-state index contributed by atoms with van der Waals surface area (Å²) in [4.78, 5) is 16.2. The highest BCUT2D eigenvalue weighted by Crippen LogP contribution is 2.42. The number of esters is 1. The third kappa shape index (κ3) is 5.45. The van der Waals surface area contributed by atoms with Crippen molar-refractivity contribution in [2.24, 2.45) is 0 Å². The molecular weight excluding hydrogens is 473 g/mol. The first-order valence-corrected chi connectivity index (χ1v) is 12.3. The molecule has 3 aromatic rings. The number of halogens is 1. The average molecular weight is 502 g/mol. The fraction of sp³-hybridized carbons (Fsp3) is 0.333. The summed E-state index contributed by atoms with van der Waals surface area (Å²) in [6, 6.07) is 14.5. The van der Waals surface area contributed by atoms with Crippen LogP contribution >= 0.6 is 0 Å². The van der Waals surface area contributed by atoms with Crippen molar-refractivity contribution < 1.29 is 28.1 Å². The van der Waals surface area contributed by atoms with Crippen LogP contribution in [0, 0.1) is 17.7 Å². The number of benzene rings is 2. The number of carbonyl (C=O) groups excluding carboxylic acids is 1. The standard InChI is InChI=1S/C30H28FNO5/c1-3-4-20(15-29(33)34-2)19-5-8-22(9-6-19)36-27-13-11-25-24(10-12-26(31)30(25)27)21-7-14-28(32-16-21)37-23-17-35-18-23/h5-10,12,14,16,20,23,27H,11,13,15,17-18H2,1-2H3/t20?,27-/m1/s1. The normalized spacial score (nSPS) is 17.1. The molecule has 0 saturated carbocycles. The van der Waals surface area contributed by atoms with E-state index in [-0.39, 0.29) is 30.2 Å². The number of pyridine rings is 1. The largest absolute Gasteiger partial charge is 0.486 e. The van der Waals surface area contributed by atoms with Gasteiger partial charge in [-0.1, -0.05) is 24.1 Å². The molecule has 5 rings (SSSR count). The van der Waals surface area contributed by atoms with Crippen LogP contribution in [0.4, 0.5) is 4.39 Å². The lowest BCUT2D eigenvalue weighted by Gasteiger charge is -2.26. The first-order chi connectivity index (χ1) is 18.1. The number of aromatic nitrogens is 1. The van der Waals surface area contributed by atoms with E-state index in [1.807, 2.05) is 36.4 Å². The highest BCUT2D eigenvalue weighted by molar-refractivity contribution is 5.71. The van der Waals surface area contributed by atoms with Gasteiger partial charge in [0.25, 0.3) is 0 Å². The van der Waals surface area contributed by atoms with E-state index in [4.69, 9.17) is 18.9 Å². The predicted octanol–water partition coefficient (Wildman–Crippen LogP) is 5.40. The zero-order chi connectivity index (χ0) is 25.8. The Labute approximate surface area is 215 Å². The van der Waals surface area contributed by atoms with E-state index in [2.05, 4.69) is 16.8 Å². The Kier molecular flexibility index (Phi) is 7.38. The SMILES string of the molecule is CC#CC(CC(=O)OC)c1ccc(O[C@@H]2CCc3c(-c4ccc(OC5COC5)nc4)ccc(F)c32)cc1. The molecule has 2 atom stereocenters. The quantitative estimate of drug-likeness (QED) is 0.304. The van der Waals surface area contributed by atoms with E-state index >= 15 is 4.39 Å². The second-order valence-electron chi connectivity index (χ2n) is 9.09. The summed E-state index contributed by atoms with van der Waals surface area (Å²) in [5.74, 6) is 6.28. The molecule has 0 bridgehead atoms. The number of nitrogens with zero attached hydrogens (tertiary/aromatic N) is 1. The van der Waals surface area contributed by atoms with E-state index in [9.17, 15) is 4.79 Å². The maximum absolute atomic E-state index is 15.0. The topological polar surface area (TPSA) is 66.9 Å². The fourth-order valence-corrected chi connectivity index (χ4v) is 4.74. The molecule has 0 radical (unpaired) electrons. The number of hydrogen-bond acceptors (Lipinski definition) is 6. The molecule has 0 amide bonds. The third-order valence-electron chi connectivity index (χ3n) is 6.70. The van der Waals surface area contributed by atoms with Crippen molar-refractivity contribution in [1.29, 1.82) is 0 Å². The zero-order valence-corrected chi connectivity index (χ0v) is 20.8. The van der Waals surface area contributed by atoms with E-state index < -0.39 is 6.10 Å². The first kappa shape index (κ1) is 24.8.